The summed E-state index contributed by atoms with van der Waals surface area (Å²) in [4.78, 5) is 12.4. The Morgan fingerprint density at radius 1 is 0.964 bits per heavy atom. The number of benzene rings is 3. The Bertz CT molecular complexity index is 984. The molecule has 3 aromatic rings. The van der Waals surface area contributed by atoms with Gasteiger partial charge in [-0.2, -0.15) is 5.26 Å². The van der Waals surface area contributed by atoms with Gasteiger partial charge in [0.2, 0.25) is 0 Å². The van der Waals surface area contributed by atoms with Gasteiger partial charge in [0.1, 0.15) is 0 Å². The average Bonchev–Trinajstić information content (AvgIpc) is 2.75. The lowest BCUT2D eigenvalue weighted by atomic mass is 10.0. The molecule has 3 aromatic carbocycles. The molecule has 3 nitrogen and oxygen atoms in total. The molecule has 138 valence electrons. The normalized spacial score (nSPS) is 10.3. The Labute approximate surface area is 166 Å². The molecule has 0 amide bonds. The highest BCUT2D eigenvalue weighted by Gasteiger charge is 2.25. The number of rotatable bonds is 6. The molecule has 0 radical (unpaired) electrons. The summed E-state index contributed by atoms with van der Waals surface area (Å²) in [7, 11) is -0.975. The maximum atomic E-state index is 12.4. The fourth-order valence-electron chi connectivity index (χ4n) is 3.04. The predicted octanol–water partition coefficient (Wildman–Crippen LogP) is 3.89. The van der Waals surface area contributed by atoms with Crippen LogP contribution >= 0.6 is 7.92 Å². The standard InChI is InChI=1S/C24H20NO2P/c1-3-27-24(26)18(2)23-19(17-25)11-10-16-22(23)28(20-12-6-4-7-13-20)21-14-8-5-9-15-21/h4-16H,2-3H2,1H3. The van der Waals surface area contributed by atoms with E-state index >= 15 is 0 Å². The maximum absolute atomic E-state index is 12.4. The minimum atomic E-state index is -0.975. The van der Waals surface area contributed by atoms with E-state index in [1.54, 1.807) is 13.0 Å². The molecule has 0 atom stereocenters. The van der Waals surface area contributed by atoms with E-state index in [1.807, 2.05) is 48.5 Å². The number of hydrogen-bond acceptors (Lipinski definition) is 3. The monoisotopic (exact) mass is 385 g/mol. The molecule has 0 bridgehead atoms. The minimum absolute atomic E-state index is 0.216. The lowest BCUT2D eigenvalue weighted by molar-refractivity contribution is -0.136. The van der Waals surface area contributed by atoms with Crippen LogP contribution in [0.4, 0.5) is 0 Å². The Balaban J connectivity index is 2.26. The largest absolute Gasteiger partial charge is 0.462 e. The molecule has 28 heavy (non-hydrogen) atoms. The predicted molar refractivity (Wildman–Crippen MR) is 116 cm³/mol. The molecule has 0 fully saturated rings. The summed E-state index contributed by atoms with van der Waals surface area (Å²) in [5, 5.41) is 12.9. The lowest BCUT2D eigenvalue weighted by Crippen LogP contribution is -2.25. The van der Waals surface area contributed by atoms with E-state index in [9.17, 15) is 10.1 Å². The molecule has 0 saturated carbocycles. The van der Waals surface area contributed by atoms with Crippen LogP contribution in [-0.2, 0) is 9.53 Å². The van der Waals surface area contributed by atoms with Crippen molar-refractivity contribution in [3.63, 3.8) is 0 Å². The number of carbonyl (C=O) groups excluding carboxylic acids is 1. The van der Waals surface area contributed by atoms with Crippen LogP contribution in [0.2, 0.25) is 0 Å². The van der Waals surface area contributed by atoms with E-state index in [1.165, 1.54) is 0 Å². The molecule has 0 N–H and O–H groups in total. The summed E-state index contributed by atoms with van der Waals surface area (Å²) in [5.41, 5.74) is 1.21. The molecular formula is C24H20NO2P. The zero-order valence-electron chi connectivity index (χ0n) is 15.6. The van der Waals surface area contributed by atoms with Crippen molar-refractivity contribution < 1.29 is 9.53 Å². The first kappa shape index (κ1) is 19.5. The van der Waals surface area contributed by atoms with Gasteiger partial charge in [0.05, 0.1) is 23.8 Å². The van der Waals surface area contributed by atoms with Gasteiger partial charge in [0, 0.05) is 5.56 Å². The van der Waals surface area contributed by atoms with Crippen molar-refractivity contribution in [2.24, 2.45) is 0 Å². The first-order valence-corrected chi connectivity index (χ1v) is 10.3. The van der Waals surface area contributed by atoms with Crippen LogP contribution in [0.25, 0.3) is 5.57 Å². The van der Waals surface area contributed by atoms with E-state index in [2.05, 4.69) is 36.9 Å². The fraction of sp³-hybridized carbons (Fsp3) is 0.0833. The maximum Gasteiger partial charge on any atom is 0.338 e. The molecular weight excluding hydrogens is 365 g/mol. The highest BCUT2D eigenvalue weighted by atomic mass is 31.1. The molecule has 0 saturated heterocycles. The third-order valence-corrected chi connectivity index (χ3v) is 6.74. The van der Waals surface area contributed by atoms with Gasteiger partial charge >= 0.3 is 5.97 Å². The van der Waals surface area contributed by atoms with Gasteiger partial charge in [-0.3, -0.25) is 0 Å². The zero-order valence-corrected chi connectivity index (χ0v) is 16.5. The molecule has 0 aliphatic rings. The van der Waals surface area contributed by atoms with Crippen LogP contribution in [0.3, 0.4) is 0 Å². The van der Waals surface area contributed by atoms with Crippen LogP contribution in [0, 0.1) is 11.3 Å². The van der Waals surface area contributed by atoms with E-state index in [-0.39, 0.29) is 12.2 Å². The number of ether oxygens (including phenoxy) is 1. The number of hydrogen-bond donors (Lipinski definition) is 0. The summed E-state index contributed by atoms with van der Waals surface area (Å²) >= 11 is 0. The molecule has 0 spiro atoms. The summed E-state index contributed by atoms with van der Waals surface area (Å²) < 4.78 is 5.16. The molecule has 0 aromatic heterocycles. The summed E-state index contributed by atoms with van der Waals surface area (Å²) in [5.74, 6) is -0.498. The van der Waals surface area contributed by atoms with Crippen molar-refractivity contribution in [3.05, 3.63) is 96.6 Å². The van der Waals surface area contributed by atoms with Crippen molar-refractivity contribution in [2.45, 2.75) is 6.92 Å². The van der Waals surface area contributed by atoms with Crippen LogP contribution in [-0.4, -0.2) is 12.6 Å². The highest BCUT2D eigenvalue weighted by molar-refractivity contribution is 7.80. The van der Waals surface area contributed by atoms with Gasteiger partial charge < -0.3 is 4.74 Å². The van der Waals surface area contributed by atoms with Crippen molar-refractivity contribution >= 4 is 35.4 Å². The smallest absolute Gasteiger partial charge is 0.338 e. The molecule has 0 aliphatic carbocycles. The number of esters is 1. The van der Waals surface area contributed by atoms with E-state index in [0.717, 1.165) is 15.9 Å². The average molecular weight is 385 g/mol. The Kier molecular flexibility index (Phi) is 6.37. The van der Waals surface area contributed by atoms with Gasteiger partial charge in [-0.05, 0) is 36.8 Å². The van der Waals surface area contributed by atoms with E-state index in [4.69, 9.17) is 4.74 Å². The SMILES string of the molecule is C=C(C(=O)OCC)c1c(C#N)cccc1P(c1ccccc1)c1ccccc1. The van der Waals surface area contributed by atoms with Crippen LogP contribution < -0.4 is 15.9 Å². The molecule has 0 aliphatic heterocycles. The second kappa shape index (κ2) is 9.13. The summed E-state index contributed by atoms with van der Waals surface area (Å²) in [6.45, 7) is 5.98. The lowest BCUT2D eigenvalue weighted by Gasteiger charge is -2.23. The first-order valence-electron chi connectivity index (χ1n) is 8.97. The zero-order chi connectivity index (χ0) is 19.9. The van der Waals surface area contributed by atoms with Crippen molar-refractivity contribution in [2.75, 3.05) is 6.61 Å². The van der Waals surface area contributed by atoms with Crippen LogP contribution in [0.5, 0.6) is 0 Å². The topological polar surface area (TPSA) is 50.1 Å². The Morgan fingerprint density at radius 3 is 2.04 bits per heavy atom. The fourth-order valence-corrected chi connectivity index (χ4v) is 5.55. The summed E-state index contributed by atoms with van der Waals surface area (Å²) in [6, 6.07) is 28.0. The second-order valence-electron chi connectivity index (χ2n) is 6.02. The number of nitrogens with zero attached hydrogens (tertiary/aromatic N) is 1. The van der Waals surface area contributed by atoms with Gasteiger partial charge in [-0.25, -0.2) is 4.79 Å². The van der Waals surface area contributed by atoms with Gasteiger partial charge in [0.15, 0.2) is 0 Å². The van der Waals surface area contributed by atoms with Gasteiger partial charge in [-0.1, -0.05) is 79.4 Å². The molecule has 3 rings (SSSR count). The van der Waals surface area contributed by atoms with Crippen LogP contribution in [0.15, 0.2) is 85.4 Å². The molecule has 0 heterocycles. The van der Waals surface area contributed by atoms with Gasteiger partial charge in [0.25, 0.3) is 0 Å². The quantitative estimate of drug-likeness (QED) is 0.367. The Morgan fingerprint density at radius 2 is 1.54 bits per heavy atom. The van der Waals surface area contributed by atoms with Crippen molar-refractivity contribution in [3.8, 4) is 6.07 Å². The van der Waals surface area contributed by atoms with E-state index in [0.29, 0.717) is 11.1 Å². The molecule has 4 heteroatoms. The highest BCUT2D eigenvalue weighted by Crippen LogP contribution is 2.36. The van der Waals surface area contributed by atoms with Crippen LogP contribution in [0.1, 0.15) is 18.1 Å². The van der Waals surface area contributed by atoms with Crippen molar-refractivity contribution in [1.82, 2.24) is 0 Å². The van der Waals surface area contributed by atoms with E-state index < -0.39 is 13.9 Å². The first-order chi connectivity index (χ1) is 13.7. The van der Waals surface area contributed by atoms with Gasteiger partial charge in [-0.15, -0.1) is 0 Å². The van der Waals surface area contributed by atoms with Crippen molar-refractivity contribution in [1.29, 1.82) is 5.26 Å². The number of nitriles is 1. The molecule has 0 unspecified atom stereocenters. The number of carbonyl (C=O) groups is 1. The minimum Gasteiger partial charge on any atom is -0.462 e. The second-order valence-corrected chi connectivity index (χ2v) is 8.20. The third kappa shape index (κ3) is 4.03. The third-order valence-electron chi connectivity index (χ3n) is 4.26. The summed E-state index contributed by atoms with van der Waals surface area (Å²) in [6.07, 6.45) is 0. The Hall–Kier alpha value is -3.21.